The number of halogens is 1. The summed E-state index contributed by atoms with van der Waals surface area (Å²) in [6.07, 6.45) is 8.71. The zero-order chi connectivity index (χ0) is 23.6. The molecule has 1 heterocycles. The molecule has 5 heteroatoms. The Bertz CT molecular complexity index is 1230. The molecule has 0 saturated heterocycles. The Kier molecular flexibility index (Phi) is 8.53. The summed E-state index contributed by atoms with van der Waals surface area (Å²) in [5.74, 6) is 1.17. The highest BCUT2D eigenvalue weighted by atomic mass is 35.5. The lowest BCUT2D eigenvalue weighted by Gasteiger charge is -2.08. The zero-order valence-electron chi connectivity index (χ0n) is 19.3. The highest BCUT2D eigenvalue weighted by molar-refractivity contribution is 6.30. The summed E-state index contributed by atoms with van der Waals surface area (Å²) in [6, 6.07) is 26.1. The first-order valence-electron chi connectivity index (χ1n) is 11.9. The molecule has 0 unspecified atom stereocenters. The number of fused-ring (bicyclic) bond motifs is 1. The van der Waals surface area contributed by atoms with E-state index in [4.69, 9.17) is 16.6 Å². The van der Waals surface area contributed by atoms with Crippen LogP contribution in [0.5, 0.6) is 0 Å². The number of hydrogen-bond acceptors (Lipinski definition) is 2. The van der Waals surface area contributed by atoms with Gasteiger partial charge in [-0.2, -0.15) is 0 Å². The summed E-state index contributed by atoms with van der Waals surface area (Å²) in [6.45, 7) is 1.49. The molecular weight excluding hydrogens is 442 g/mol. The van der Waals surface area contributed by atoms with Gasteiger partial charge in [0.25, 0.3) is 0 Å². The van der Waals surface area contributed by atoms with Crippen molar-refractivity contribution in [3.63, 3.8) is 0 Å². The number of para-hydroxylation sites is 2. The van der Waals surface area contributed by atoms with E-state index < -0.39 is 0 Å². The summed E-state index contributed by atoms with van der Waals surface area (Å²) in [5, 5.41) is 3.70. The summed E-state index contributed by atoms with van der Waals surface area (Å²) in [4.78, 5) is 17.0. The van der Waals surface area contributed by atoms with Crippen LogP contribution in [0.4, 0.5) is 0 Å². The molecule has 4 aromatic rings. The Hall–Kier alpha value is -3.37. The second kappa shape index (κ2) is 12.2. The molecule has 0 aliphatic rings. The van der Waals surface area contributed by atoms with Crippen LogP contribution in [0.25, 0.3) is 17.1 Å². The third kappa shape index (κ3) is 6.82. The molecule has 0 bridgehead atoms. The van der Waals surface area contributed by atoms with Gasteiger partial charge in [0.1, 0.15) is 5.82 Å². The van der Waals surface area contributed by atoms with Crippen LogP contribution in [-0.4, -0.2) is 22.0 Å². The van der Waals surface area contributed by atoms with Crippen molar-refractivity contribution in [2.75, 3.05) is 6.54 Å². The Balaban J connectivity index is 1.25. The van der Waals surface area contributed by atoms with Gasteiger partial charge in [0.2, 0.25) is 5.91 Å². The maximum atomic E-state index is 12.1. The van der Waals surface area contributed by atoms with Gasteiger partial charge in [-0.05, 0) is 48.2 Å². The standard InChI is InChI=1S/C29H30ClN3O/c30-25-18-16-24(17-19-25)22-29(34)31-20-8-2-5-15-28-32-26-13-6-7-14-27(26)33(28)21-9-12-23-10-3-1-4-11-23/h1,3-4,6-7,9-14,16-19H,2,5,8,15,20-22H2,(H,31,34)/b12-9+. The predicted molar refractivity (Wildman–Crippen MR) is 141 cm³/mol. The van der Waals surface area contributed by atoms with Gasteiger partial charge in [0.05, 0.1) is 17.5 Å². The number of carbonyl (C=O) groups is 1. The molecule has 4 nitrogen and oxygen atoms in total. The number of imidazole rings is 1. The molecule has 34 heavy (non-hydrogen) atoms. The van der Waals surface area contributed by atoms with Crippen molar-refractivity contribution in [2.24, 2.45) is 0 Å². The monoisotopic (exact) mass is 471 g/mol. The van der Waals surface area contributed by atoms with Gasteiger partial charge in [-0.15, -0.1) is 0 Å². The Morgan fingerprint density at radius 3 is 2.50 bits per heavy atom. The second-order valence-corrected chi connectivity index (χ2v) is 8.84. The first kappa shape index (κ1) is 23.8. The minimum absolute atomic E-state index is 0.0503. The van der Waals surface area contributed by atoms with Crippen LogP contribution < -0.4 is 5.32 Å². The number of amides is 1. The fourth-order valence-corrected chi connectivity index (χ4v) is 4.17. The maximum Gasteiger partial charge on any atom is 0.224 e. The largest absolute Gasteiger partial charge is 0.356 e. The number of carbonyl (C=O) groups excluding carboxylic acids is 1. The van der Waals surface area contributed by atoms with E-state index in [1.807, 2.05) is 36.4 Å². The Morgan fingerprint density at radius 1 is 0.912 bits per heavy atom. The van der Waals surface area contributed by atoms with E-state index in [-0.39, 0.29) is 5.91 Å². The van der Waals surface area contributed by atoms with Crippen LogP contribution in [-0.2, 0) is 24.2 Å². The maximum absolute atomic E-state index is 12.1. The first-order chi connectivity index (χ1) is 16.7. The summed E-state index contributed by atoms with van der Waals surface area (Å²) in [5.41, 5.74) is 4.39. The number of nitrogens with zero attached hydrogens (tertiary/aromatic N) is 2. The number of aryl methyl sites for hydroxylation is 1. The second-order valence-electron chi connectivity index (χ2n) is 8.40. The van der Waals surface area contributed by atoms with Gasteiger partial charge < -0.3 is 9.88 Å². The lowest BCUT2D eigenvalue weighted by molar-refractivity contribution is -0.120. The number of unbranched alkanes of at least 4 members (excludes halogenated alkanes) is 2. The molecule has 1 N–H and O–H groups in total. The number of aromatic nitrogens is 2. The molecule has 174 valence electrons. The quantitative estimate of drug-likeness (QED) is 0.255. The first-order valence-corrected chi connectivity index (χ1v) is 12.2. The number of rotatable bonds is 11. The molecule has 0 saturated carbocycles. The van der Waals surface area contributed by atoms with Crippen LogP contribution in [0.15, 0.2) is 84.9 Å². The average molecular weight is 472 g/mol. The third-order valence-corrected chi connectivity index (χ3v) is 6.06. The molecule has 1 aromatic heterocycles. The number of benzene rings is 3. The highest BCUT2D eigenvalue weighted by Crippen LogP contribution is 2.18. The van der Waals surface area contributed by atoms with Crippen molar-refractivity contribution in [1.29, 1.82) is 0 Å². The van der Waals surface area contributed by atoms with Crippen LogP contribution in [0.1, 0.15) is 36.2 Å². The van der Waals surface area contributed by atoms with Crippen LogP contribution in [0.2, 0.25) is 5.02 Å². The molecule has 0 atom stereocenters. The van der Waals surface area contributed by atoms with Crippen molar-refractivity contribution in [1.82, 2.24) is 14.9 Å². The van der Waals surface area contributed by atoms with Gasteiger partial charge >= 0.3 is 0 Å². The third-order valence-electron chi connectivity index (χ3n) is 5.81. The average Bonchev–Trinajstić information content (AvgIpc) is 3.21. The van der Waals surface area contributed by atoms with Crippen molar-refractivity contribution >= 4 is 34.6 Å². The molecule has 1 amide bonds. The molecule has 0 fully saturated rings. The van der Waals surface area contributed by atoms with Crippen LogP contribution in [0.3, 0.4) is 0 Å². The minimum Gasteiger partial charge on any atom is -0.356 e. The van der Waals surface area contributed by atoms with E-state index in [0.29, 0.717) is 18.0 Å². The summed E-state index contributed by atoms with van der Waals surface area (Å²) < 4.78 is 2.31. The van der Waals surface area contributed by atoms with Crippen molar-refractivity contribution in [3.8, 4) is 0 Å². The molecule has 3 aromatic carbocycles. The van der Waals surface area contributed by atoms with Crippen molar-refractivity contribution < 1.29 is 4.79 Å². The van der Waals surface area contributed by atoms with E-state index in [1.54, 1.807) is 0 Å². The molecule has 0 spiro atoms. The normalized spacial score (nSPS) is 11.3. The van der Waals surface area contributed by atoms with E-state index in [9.17, 15) is 4.79 Å². The smallest absolute Gasteiger partial charge is 0.224 e. The number of nitrogens with one attached hydrogen (secondary N) is 1. The molecular formula is C29H30ClN3O. The van der Waals surface area contributed by atoms with E-state index >= 15 is 0 Å². The molecule has 0 aliphatic carbocycles. The minimum atomic E-state index is 0.0503. The van der Waals surface area contributed by atoms with Gasteiger partial charge in [-0.25, -0.2) is 4.98 Å². The fourth-order valence-electron chi connectivity index (χ4n) is 4.04. The summed E-state index contributed by atoms with van der Waals surface area (Å²) in [7, 11) is 0. The van der Waals surface area contributed by atoms with Crippen LogP contribution in [0, 0.1) is 0 Å². The topological polar surface area (TPSA) is 46.9 Å². The van der Waals surface area contributed by atoms with Gasteiger partial charge in [0.15, 0.2) is 0 Å². The predicted octanol–water partition coefficient (Wildman–Crippen LogP) is 6.47. The van der Waals surface area contributed by atoms with Gasteiger partial charge in [-0.3, -0.25) is 4.79 Å². The molecule has 0 aliphatic heterocycles. The lowest BCUT2D eigenvalue weighted by Crippen LogP contribution is -2.26. The van der Waals surface area contributed by atoms with Crippen molar-refractivity contribution in [2.45, 2.75) is 38.6 Å². The SMILES string of the molecule is O=C(Cc1ccc(Cl)cc1)NCCCCCc1nc2ccccc2n1C/C=C/c1ccccc1. The van der Waals surface area contributed by atoms with Crippen molar-refractivity contribution in [3.05, 3.63) is 107 Å². The number of hydrogen-bond donors (Lipinski definition) is 1. The van der Waals surface area contributed by atoms with E-state index in [0.717, 1.165) is 49.1 Å². The fraction of sp³-hybridized carbons (Fsp3) is 0.241. The number of allylic oxidation sites excluding steroid dienone is 1. The van der Waals surface area contributed by atoms with E-state index in [2.05, 4.69) is 64.5 Å². The Labute approximate surface area is 206 Å². The lowest BCUT2D eigenvalue weighted by atomic mass is 10.1. The summed E-state index contributed by atoms with van der Waals surface area (Å²) >= 11 is 5.90. The molecule has 0 radical (unpaired) electrons. The highest BCUT2D eigenvalue weighted by Gasteiger charge is 2.09. The Morgan fingerprint density at radius 2 is 1.68 bits per heavy atom. The van der Waals surface area contributed by atoms with Gasteiger partial charge in [-0.1, -0.05) is 84.8 Å². The van der Waals surface area contributed by atoms with Crippen LogP contribution >= 0.6 is 11.6 Å². The van der Waals surface area contributed by atoms with E-state index in [1.165, 1.54) is 11.1 Å². The zero-order valence-corrected chi connectivity index (χ0v) is 20.0. The van der Waals surface area contributed by atoms with Gasteiger partial charge in [0, 0.05) is 24.5 Å². The molecule has 4 rings (SSSR count).